The number of benzene rings is 1. The van der Waals surface area contributed by atoms with E-state index in [0.717, 1.165) is 24.4 Å². The number of halogens is 1. The molecule has 6 heteroatoms. The van der Waals surface area contributed by atoms with E-state index in [-0.39, 0.29) is 12.4 Å². The number of aromatic nitrogens is 1. The third-order valence-corrected chi connectivity index (χ3v) is 6.42. The molecule has 0 radical (unpaired) electrons. The fraction of sp³-hybridized carbons (Fsp3) is 0.481. The third kappa shape index (κ3) is 7.56. The van der Waals surface area contributed by atoms with Crippen molar-refractivity contribution in [2.45, 2.75) is 57.9 Å². The number of nitrogens with zero attached hydrogens (tertiary/aromatic N) is 2. The van der Waals surface area contributed by atoms with E-state index in [1.165, 1.54) is 49.9 Å². The van der Waals surface area contributed by atoms with Gasteiger partial charge in [-0.25, -0.2) is 4.39 Å². The van der Waals surface area contributed by atoms with Gasteiger partial charge in [-0.2, -0.15) is 0 Å². The summed E-state index contributed by atoms with van der Waals surface area (Å²) in [7, 11) is 0. The first kappa shape index (κ1) is 23.7. The van der Waals surface area contributed by atoms with Crippen molar-refractivity contribution in [3.05, 3.63) is 83.8 Å². The Labute approximate surface area is 195 Å². The minimum Gasteiger partial charge on any atom is -0.467 e. The van der Waals surface area contributed by atoms with Crippen LogP contribution in [-0.2, 0) is 24.4 Å². The van der Waals surface area contributed by atoms with Crippen molar-refractivity contribution in [1.29, 1.82) is 0 Å². The zero-order chi connectivity index (χ0) is 22.9. The molecule has 1 saturated carbocycles. The van der Waals surface area contributed by atoms with Gasteiger partial charge in [0.05, 0.1) is 19.0 Å². The third-order valence-electron chi connectivity index (χ3n) is 6.42. The van der Waals surface area contributed by atoms with E-state index in [2.05, 4.69) is 27.8 Å². The van der Waals surface area contributed by atoms with Gasteiger partial charge < -0.3 is 18.8 Å². The SMILES string of the molecule is O[C@@H](COCc1ccco1)CN(Cc1cccn1Cc1ccc(F)cc1)CC1CCCCC1. The maximum absolute atomic E-state index is 13.3. The first-order chi connectivity index (χ1) is 16.2. The second-order valence-corrected chi connectivity index (χ2v) is 9.20. The van der Waals surface area contributed by atoms with Crippen molar-refractivity contribution in [3.63, 3.8) is 0 Å². The van der Waals surface area contributed by atoms with Crippen LogP contribution in [0.3, 0.4) is 0 Å². The van der Waals surface area contributed by atoms with Crippen LogP contribution in [0.2, 0.25) is 0 Å². The van der Waals surface area contributed by atoms with Crippen LogP contribution in [0.15, 0.2) is 65.4 Å². The van der Waals surface area contributed by atoms with Gasteiger partial charge >= 0.3 is 0 Å². The summed E-state index contributed by atoms with van der Waals surface area (Å²) in [6.07, 6.45) is 9.59. The van der Waals surface area contributed by atoms with Crippen LogP contribution in [0.1, 0.15) is 49.1 Å². The molecule has 0 bridgehead atoms. The van der Waals surface area contributed by atoms with Gasteiger partial charge in [-0.1, -0.05) is 31.4 Å². The maximum atomic E-state index is 13.3. The first-order valence-electron chi connectivity index (χ1n) is 12.0. The second kappa shape index (κ2) is 12.2. The van der Waals surface area contributed by atoms with E-state index in [1.807, 2.05) is 24.3 Å². The van der Waals surface area contributed by atoms with Crippen molar-refractivity contribution < 1.29 is 18.7 Å². The Bertz CT molecular complexity index is 933. The molecule has 0 spiro atoms. The molecule has 0 amide bonds. The predicted octanol–water partition coefficient (Wildman–Crippen LogP) is 5.23. The zero-order valence-corrected chi connectivity index (χ0v) is 19.2. The Kier molecular flexibility index (Phi) is 8.75. The molecular weight excluding hydrogens is 419 g/mol. The van der Waals surface area contributed by atoms with Gasteiger partial charge in [0.25, 0.3) is 0 Å². The lowest BCUT2D eigenvalue weighted by Gasteiger charge is -2.31. The fourth-order valence-electron chi connectivity index (χ4n) is 4.74. The summed E-state index contributed by atoms with van der Waals surface area (Å²) in [5.41, 5.74) is 2.26. The molecule has 3 aromatic rings. The molecule has 0 saturated heterocycles. The predicted molar refractivity (Wildman–Crippen MR) is 126 cm³/mol. The van der Waals surface area contributed by atoms with Crippen LogP contribution < -0.4 is 0 Å². The topological polar surface area (TPSA) is 50.8 Å². The van der Waals surface area contributed by atoms with Crippen LogP contribution in [0.4, 0.5) is 4.39 Å². The second-order valence-electron chi connectivity index (χ2n) is 9.20. The highest BCUT2D eigenvalue weighted by molar-refractivity contribution is 5.18. The van der Waals surface area contributed by atoms with E-state index in [4.69, 9.17) is 9.15 Å². The zero-order valence-electron chi connectivity index (χ0n) is 19.2. The molecule has 1 aliphatic carbocycles. The lowest BCUT2D eigenvalue weighted by atomic mass is 9.89. The van der Waals surface area contributed by atoms with Crippen LogP contribution in [0.5, 0.6) is 0 Å². The molecule has 178 valence electrons. The van der Waals surface area contributed by atoms with Crippen LogP contribution in [-0.4, -0.2) is 40.4 Å². The van der Waals surface area contributed by atoms with E-state index in [1.54, 1.807) is 6.26 Å². The van der Waals surface area contributed by atoms with Crippen molar-refractivity contribution in [1.82, 2.24) is 9.47 Å². The van der Waals surface area contributed by atoms with Crippen molar-refractivity contribution in [3.8, 4) is 0 Å². The smallest absolute Gasteiger partial charge is 0.129 e. The summed E-state index contributed by atoms with van der Waals surface area (Å²) in [5, 5.41) is 10.7. The molecule has 0 aliphatic heterocycles. The first-order valence-corrected chi connectivity index (χ1v) is 12.0. The Morgan fingerprint density at radius 1 is 1.09 bits per heavy atom. The summed E-state index contributed by atoms with van der Waals surface area (Å²) in [6.45, 7) is 3.66. The molecular formula is C27H35FN2O3. The van der Waals surface area contributed by atoms with Crippen molar-refractivity contribution >= 4 is 0 Å². The number of hydrogen-bond acceptors (Lipinski definition) is 4. The average molecular weight is 455 g/mol. The summed E-state index contributed by atoms with van der Waals surface area (Å²) in [4.78, 5) is 2.37. The fourth-order valence-corrected chi connectivity index (χ4v) is 4.74. The molecule has 1 N–H and O–H groups in total. The number of hydrogen-bond donors (Lipinski definition) is 1. The van der Waals surface area contributed by atoms with E-state index >= 15 is 0 Å². The van der Waals surface area contributed by atoms with Gasteiger partial charge in [-0.05, 0) is 60.7 Å². The molecule has 33 heavy (non-hydrogen) atoms. The molecule has 0 unspecified atom stereocenters. The van der Waals surface area contributed by atoms with Gasteiger partial charge in [-0.3, -0.25) is 4.90 Å². The van der Waals surface area contributed by atoms with Crippen LogP contribution in [0.25, 0.3) is 0 Å². The van der Waals surface area contributed by atoms with Gasteiger partial charge in [-0.15, -0.1) is 0 Å². The Morgan fingerprint density at radius 2 is 1.91 bits per heavy atom. The number of aliphatic hydroxyl groups excluding tert-OH is 1. The largest absolute Gasteiger partial charge is 0.467 e. The molecule has 4 rings (SSSR count). The normalized spacial score (nSPS) is 15.8. The van der Waals surface area contributed by atoms with E-state index < -0.39 is 6.10 Å². The minimum absolute atomic E-state index is 0.214. The molecule has 1 fully saturated rings. The lowest BCUT2D eigenvalue weighted by Crippen LogP contribution is -2.38. The molecule has 5 nitrogen and oxygen atoms in total. The standard InChI is InChI=1S/C27H35FN2O3/c28-24-12-10-23(11-13-24)17-30-14-4-8-25(30)18-29(16-22-6-2-1-3-7-22)19-26(31)20-32-21-27-9-5-15-33-27/h4-5,8-15,22,26,31H,1-3,6-7,16-21H2/t26-/m1/s1. The van der Waals surface area contributed by atoms with E-state index in [9.17, 15) is 9.50 Å². The summed E-state index contributed by atoms with van der Waals surface area (Å²) >= 11 is 0. The average Bonchev–Trinajstić information content (AvgIpc) is 3.48. The summed E-state index contributed by atoms with van der Waals surface area (Å²) < 4.78 is 26.5. The van der Waals surface area contributed by atoms with Crippen molar-refractivity contribution in [2.24, 2.45) is 5.92 Å². The molecule has 1 aliphatic rings. The molecule has 1 aromatic carbocycles. The summed E-state index contributed by atoms with van der Waals surface area (Å²) in [6, 6.07) is 14.6. The Hall–Kier alpha value is -2.41. The number of ether oxygens (including phenoxy) is 1. The quantitative estimate of drug-likeness (QED) is 0.407. The Morgan fingerprint density at radius 3 is 2.67 bits per heavy atom. The summed E-state index contributed by atoms with van der Waals surface area (Å²) in [5.74, 6) is 1.23. The van der Waals surface area contributed by atoms with Gasteiger partial charge in [0.2, 0.25) is 0 Å². The lowest BCUT2D eigenvalue weighted by molar-refractivity contribution is 0.000333. The molecule has 2 heterocycles. The Balaban J connectivity index is 1.36. The minimum atomic E-state index is -0.566. The maximum Gasteiger partial charge on any atom is 0.129 e. The van der Waals surface area contributed by atoms with Gasteiger partial charge in [0.1, 0.15) is 18.2 Å². The van der Waals surface area contributed by atoms with Gasteiger partial charge in [0.15, 0.2) is 0 Å². The number of rotatable bonds is 12. The van der Waals surface area contributed by atoms with Gasteiger partial charge in [0, 0.05) is 38.1 Å². The molecule has 1 atom stereocenters. The number of aliphatic hydroxyl groups is 1. The van der Waals surface area contributed by atoms with Crippen molar-refractivity contribution in [2.75, 3.05) is 19.7 Å². The van der Waals surface area contributed by atoms with Crippen LogP contribution in [0, 0.1) is 11.7 Å². The van der Waals surface area contributed by atoms with Crippen LogP contribution >= 0.6 is 0 Å². The number of furan rings is 1. The highest BCUT2D eigenvalue weighted by atomic mass is 19.1. The highest BCUT2D eigenvalue weighted by Gasteiger charge is 2.21. The monoisotopic (exact) mass is 454 g/mol. The highest BCUT2D eigenvalue weighted by Crippen LogP contribution is 2.25. The molecule has 2 aromatic heterocycles. The van der Waals surface area contributed by atoms with E-state index in [0.29, 0.717) is 25.6 Å².